The summed E-state index contributed by atoms with van der Waals surface area (Å²) >= 11 is 1.48. The molecule has 2 aliphatic heterocycles. The van der Waals surface area contributed by atoms with E-state index in [9.17, 15) is 4.79 Å². The fourth-order valence-corrected chi connectivity index (χ4v) is 3.92. The van der Waals surface area contributed by atoms with Gasteiger partial charge in [0.15, 0.2) is 0 Å². The highest BCUT2D eigenvalue weighted by molar-refractivity contribution is 8.15. The Labute approximate surface area is 149 Å². The number of carbonyl (C=O) groups is 1. The average Bonchev–Trinajstić information content (AvgIpc) is 3.28. The molecule has 4 rings (SSSR count). The van der Waals surface area contributed by atoms with Crippen molar-refractivity contribution in [1.82, 2.24) is 10.4 Å². The third kappa shape index (κ3) is 3.02. The number of pyridine rings is 1. The monoisotopic (exact) mass is 352 g/mol. The van der Waals surface area contributed by atoms with E-state index in [4.69, 9.17) is 4.74 Å². The summed E-state index contributed by atoms with van der Waals surface area (Å²) in [6.07, 6.45) is 1.74. The van der Waals surface area contributed by atoms with Gasteiger partial charge in [0, 0.05) is 6.20 Å². The lowest BCUT2D eigenvalue weighted by molar-refractivity contribution is -0.115. The molecule has 3 heterocycles. The van der Waals surface area contributed by atoms with Crippen LogP contribution in [0.5, 0.6) is 5.75 Å². The van der Waals surface area contributed by atoms with Gasteiger partial charge in [0.05, 0.1) is 41.3 Å². The molecule has 0 saturated heterocycles. The molecule has 7 heteroatoms. The number of hydrogen-bond donors (Lipinski definition) is 1. The standard InChI is InChI=1S/C18H16N4O2S/c1-24-12-7-5-11(6-8-12)16-15(18-20-14(23)10-25-18)17(22-21-16)13-4-2-3-9-19-13/h2-9,15-16,21H,10H2,1H3. The van der Waals surface area contributed by atoms with Gasteiger partial charge in [-0.15, -0.1) is 0 Å². The van der Waals surface area contributed by atoms with Crippen molar-refractivity contribution in [2.24, 2.45) is 16.0 Å². The summed E-state index contributed by atoms with van der Waals surface area (Å²) < 4.78 is 5.23. The van der Waals surface area contributed by atoms with Gasteiger partial charge in [-0.2, -0.15) is 5.10 Å². The molecule has 0 radical (unpaired) electrons. The van der Waals surface area contributed by atoms with Gasteiger partial charge in [-0.05, 0) is 29.8 Å². The Morgan fingerprint density at radius 1 is 1.20 bits per heavy atom. The fraction of sp³-hybridized carbons (Fsp3) is 0.222. The van der Waals surface area contributed by atoms with E-state index in [-0.39, 0.29) is 17.9 Å². The fourth-order valence-electron chi connectivity index (χ4n) is 2.99. The van der Waals surface area contributed by atoms with Gasteiger partial charge in [0.2, 0.25) is 0 Å². The Balaban J connectivity index is 1.72. The predicted octanol–water partition coefficient (Wildman–Crippen LogP) is 2.43. The number of benzene rings is 1. The van der Waals surface area contributed by atoms with E-state index in [1.807, 2.05) is 42.5 Å². The van der Waals surface area contributed by atoms with Crippen LogP contribution in [0.2, 0.25) is 0 Å². The molecule has 0 saturated carbocycles. The Morgan fingerprint density at radius 2 is 2.04 bits per heavy atom. The first-order valence-corrected chi connectivity index (χ1v) is 8.87. The van der Waals surface area contributed by atoms with Gasteiger partial charge in [0.25, 0.3) is 5.91 Å². The summed E-state index contributed by atoms with van der Waals surface area (Å²) in [6, 6.07) is 13.5. The van der Waals surface area contributed by atoms with E-state index in [1.54, 1.807) is 13.3 Å². The molecule has 0 bridgehead atoms. The van der Waals surface area contributed by atoms with Crippen LogP contribution in [0.15, 0.2) is 58.8 Å². The molecule has 1 amide bonds. The van der Waals surface area contributed by atoms with Crippen molar-refractivity contribution in [2.45, 2.75) is 6.04 Å². The maximum Gasteiger partial charge on any atom is 0.256 e. The van der Waals surface area contributed by atoms with Crippen LogP contribution in [0, 0.1) is 5.92 Å². The first-order valence-electron chi connectivity index (χ1n) is 7.89. The number of aliphatic imine (C=N–C) groups is 1. The molecule has 2 aromatic rings. The van der Waals surface area contributed by atoms with Crippen LogP contribution in [0.3, 0.4) is 0 Å². The number of rotatable bonds is 4. The van der Waals surface area contributed by atoms with Gasteiger partial charge in [-0.1, -0.05) is 30.0 Å². The van der Waals surface area contributed by atoms with Crippen LogP contribution in [0.1, 0.15) is 17.3 Å². The first-order chi connectivity index (χ1) is 12.3. The predicted molar refractivity (Wildman–Crippen MR) is 98.0 cm³/mol. The zero-order valence-corrected chi connectivity index (χ0v) is 14.4. The first kappa shape index (κ1) is 15.8. The summed E-state index contributed by atoms with van der Waals surface area (Å²) in [5.74, 6) is 0.948. The Kier molecular flexibility index (Phi) is 4.23. The number of aromatic nitrogens is 1. The number of hydrogen-bond acceptors (Lipinski definition) is 6. The van der Waals surface area contributed by atoms with Crippen molar-refractivity contribution < 1.29 is 9.53 Å². The average molecular weight is 352 g/mol. The van der Waals surface area contributed by atoms with Crippen LogP contribution in [0.4, 0.5) is 0 Å². The van der Waals surface area contributed by atoms with Crippen LogP contribution in [-0.4, -0.2) is 34.5 Å². The van der Waals surface area contributed by atoms with E-state index in [0.29, 0.717) is 5.75 Å². The quantitative estimate of drug-likeness (QED) is 0.915. The van der Waals surface area contributed by atoms with Gasteiger partial charge in [0.1, 0.15) is 5.75 Å². The highest BCUT2D eigenvalue weighted by Crippen LogP contribution is 2.36. The Morgan fingerprint density at radius 3 is 2.68 bits per heavy atom. The minimum atomic E-state index is -0.139. The largest absolute Gasteiger partial charge is 0.497 e. The van der Waals surface area contributed by atoms with Gasteiger partial charge < -0.3 is 10.2 Å². The molecule has 25 heavy (non-hydrogen) atoms. The van der Waals surface area contributed by atoms with Crippen molar-refractivity contribution in [1.29, 1.82) is 0 Å². The number of methoxy groups -OCH3 is 1. The molecule has 0 fully saturated rings. The number of hydrazone groups is 1. The minimum absolute atomic E-state index is 0.0965. The number of nitrogens with one attached hydrogen (secondary N) is 1. The lowest BCUT2D eigenvalue weighted by atomic mass is 9.89. The lowest BCUT2D eigenvalue weighted by Gasteiger charge is -2.20. The van der Waals surface area contributed by atoms with Crippen molar-refractivity contribution >= 4 is 28.4 Å². The van der Waals surface area contributed by atoms with Gasteiger partial charge in [-0.3, -0.25) is 9.78 Å². The SMILES string of the molecule is COc1ccc(C2NN=C(c3ccccn3)C2C2=NC(=O)CS2)cc1. The normalized spacial score (nSPS) is 22.4. The third-order valence-electron chi connectivity index (χ3n) is 4.20. The molecule has 0 aliphatic carbocycles. The molecule has 1 aromatic heterocycles. The summed E-state index contributed by atoms with van der Waals surface area (Å²) in [5, 5.41) is 5.32. The van der Waals surface area contributed by atoms with Gasteiger partial charge in [-0.25, -0.2) is 4.99 Å². The molecule has 126 valence electrons. The molecule has 6 nitrogen and oxygen atoms in total. The smallest absolute Gasteiger partial charge is 0.256 e. The molecule has 1 aromatic carbocycles. The summed E-state index contributed by atoms with van der Waals surface area (Å²) in [7, 11) is 1.64. The van der Waals surface area contributed by atoms with Crippen molar-refractivity contribution in [3.63, 3.8) is 0 Å². The third-order valence-corrected chi connectivity index (χ3v) is 5.23. The van der Waals surface area contributed by atoms with E-state index >= 15 is 0 Å². The van der Waals surface area contributed by atoms with E-state index < -0.39 is 0 Å². The second kappa shape index (κ2) is 6.68. The van der Waals surface area contributed by atoms with Crippen molar-refractivity contribution in [3.8, 4) is 5.75 Å². The van der Waals surface area contributed by atoms with Crippen LogP contribution >= 0.6 is 11.8 Å². The molecular formula is C18H16N4O2S. The van der Waals surface area contributed by atoms with Crippen LogP contribution < -0.4 is 10.2 Å². The molecule has 1 N–H and O–H groups in total. The van der Waals surface area contributed by atoms with Crippen LogP contribution in [0.25, 0.3) is 0 Å². The number of ether oxygens (including phenoxy) is 1. The topological polar surface area (TPSA) is 75.9 Å². The maximum absolute atomic E-state index is 11.7. The number of amides is 1. The minimum Gasteiger partial charge on any atom is -0.497 e. The number of carbonyl (C=O) groups excluding carboxylic acids is 1. The van der Waals surface area contributed by atoms with Crippen LogP contribution in [-0.2, 0) is 4.79 Å². The summed E-state index contributed by atoms with van der Waals surface area (Å²) in [5.41, 5.74) is 5.86. The second-order valence-corrected chi connectivity index (χ2v) is 6.70. The highest BCUT2D eigenvalue weighted by Gasteiger charge is 2.40. The molecule has 0 spiro atoms. The summed E-state index contributed by atoms with van der Waals surface area (Å²) in [4.78, 5) is 20.3. The molecular weight excluding hydrogens is 336 g/mol. The van der Waals surface area contributed by atoms with Crippen molar-refractivity contribution in [3.05, 3.63) is 59.9 Å². The summed E-state index contributed by atoms with van der Waals surface area (Å²) in [6.45, 7) is 0. The zero-order chi connectivity index (χ0) is 17.2. The highest BCUT2D eigenvalue weighted by atomic mass is 32.2. The number of thioether (sulfide) groups is 1. The second-order valence-electron chi connectivity index (χ2n) is 5.70. The zero-order valence-electron chi connectivity index (χ0n) is 13.5. The lowest BCUT2D eigenvalue weighted by Crippen LogP contribution is -2.28. The molecule has 2 unspecified atom stereocenters. The van der Waals surface area contributed by atoms with Crippen molar-refractivity contribution in [2.75, 3.05) is 12.9 Å². The van der Waals surface area contributed by atoms with Gasteiger partial charge >= 0.3 is 0 Å². The number of nitrogens with zero attached hydrogens (tertiary/aromatic N) is 3. The molecule has 2 atom stereocenters. The Hall–Kier alpha value is -2.67. The van der Waals surface area contributed by atoms with E-state index in [2.05, 4.69) is 20.5 Å². The van der Waals surface area contributed by atoms with E-state index in [0.717, 1.165) is 27.8 Å². The Bertz CT molecular complexity index is 849. The van der Waals surface area contributed by atoms with E-state index in [1.165, 1.54) is 11.8 Å². The maximum atomic E-state index is 11.7. The molecule has 2 aliphatic rings.